The first-order valence-corrected chi connectivity index (χ1v) is 11.4. The van der Waals surface area contributed by atoms with Crippen molar-refractivity contribution in [2.75, 3.05) is 19.7 Å². The molecule has 1 amide bonds. The van der Waals surface area contributed by atoms with Crippen LogP contribution in [-0.2, 0) is 11.3 Å². The fourth-order valence-corrected chi connectivity index (χ4v) is 4.65. The van der Waals surface area contributed by atoms with Gasteiger partial charge < -0.3 is 9.64 Å². The van der Waals surface area contributed by atoms with E-state index >= 15 is 0 Å². The van der Waals surface area contributed by atoms with E-state index < -0.39 is 0 Å². The molecule has 1 aromatic carbocycles. The highest BCUT2D eigenvalue weighted by Crippen LogP contribution is 2.31. The molecule has 0 atom stereocenters. The molecule has 30 heavy (non-hydrogen) atoms. The molecule has 0 saturated carbocycles. The Hall–Kier alpha value is -2.67. The number of hydrogen-bond acceptors (Lipinski definition) is 5. The summed E-state index contributed by atoms with van der Waals surface area (Å²) in [6.07, 6.45) is 4.49. The molecule has 1 aliphatic rings. The Morgan fingerprint density at radius 1 is 1.23 bits per heavy atom. The summed E-state index contributed by atoms with van der Waals surface area (Å²) in [7, 11) is 0. The van der Waals surface area contributed by atoms with Gasteiger partial charge in [0.1, 0.15) is 17.1 Å². The molecule has 0 unspecified atom stereocenters. The topological polar surface area (TPSA) is 64.4 Å². The van der Waals surface area contributed by atoms with Crippen LogP contribution in [0.1, 0.15) is 33.1 Å². The third-order valence-electron chi connectivity index (χ3n) is 5.64. The molecule has 158 valence electrons. The molecule has 0 aliphatic carbocycles. The van der Waals surface area contributed by atoms with Crippen molar-refractivity contribution in [1.29, 1.82) is 0 Å². The summed E-state index contributed by atoms with van der Waals surface area (Å²) in [6.45, 7) is 6.53. The number of amides is 1. The van der Waals surface area contributed by atoms with E-state index in [4.69, 9.17) is 4.74 Å². The lowest BCUT2D eigenvalue weighted by atomic mass is 9.99. The number of aromatic nitrogens is 2. The lowest BCUT2D eigenvalue weighted by molar-refractivity contribution is -0.133. The minimum atomic E-state index is -0.165. The monoisotopic (exact) mass is 425 g/mol. The van der Waals surface area contributed by atoms with Crippen molar-refractivity contribution in [2.24, 2.45) is 5.92 Å². The van der Waals surface area contributed by atoms with Crippen LogP contribution in [0.15, 0.2) is 40.8 Å². The van der Waals surface area contributed by atoms with E-state index in [1.165, 1.54) is 22.2 Å². The van der Waals surface area contributed by atoms with Crippen molar-refractivity contribution < 1.29 is 9.53 Å². The number of carbonyl (C=O) groups excluding carboxylic acids is 1. The Morgan fingerprint density at radius 2 is 1.97 bits per heavy atom. The lowest BCUT2D eigenvalue weighted by Crippen LogP contribution is -2.41. The fraction of sp³-hybridized carbons (Fsp3) is 0.435. The van der Waals surface area contributed by atoms with Gasteiger partial charge in [-0.1, -0.05) is 26.0 Å². The summed E-state index contributed by atoms with van der Waals surface area (Å²) >= 11 is 1.45. The fourth-order valence-electron chi connectivity index (χ4n) is 3.75. The zero-order valence-electron chi connectivity index (χ0n) is 17.5. The highest BCUT2D eigenvalue weighted by Gasteiger charge is 2.21. The van der Waals surface area contributed by atoms with Gasteiger partial charge in [0.25, 0.3) is 5.56 Å². The highest BCUT2D eigenvalue weighted by molar-refractivity contribution is 7.17. The number of ether oxygens (including phenoxy) is 1. The van der Waals surface area contributed by atoms with Crippen molar-refractivity contribution in [1.82, 2.24) is 14.5 Å². The Kier molecular flexibility index (Phi) is 6.18. The van der Waals surface area contributed by atoms with Crippen LogP contribution in [0.25, 0.3) is 21.3 Å². The van der Waals surface area contributed by atoms with Crippen molar-refractivity contribution in [3.8, 4) is 16.9 Å². The van der Waals surface area contributed by atoms with Crippen molar-refractivity contribution >= 4 is 27.5 Å². The zero-order valence-corrected chi connectivity index (χ0v) is 18.3. The average Bonchev–Trinajstić information content (AvgIpc) is 3.20. The molecule has 2 aromatic heterocycles. The van der Waals surface area contributed by atoms with Gasteiger partial charge in [-0.15, -0.1) is 11.3 Å². The average molecular weight is 426 g/mol. The molecule has 3 aromatic rings. The van der Waals surface area contributed by atoms with Crippen LogP contribution >= 0.6 is 11.3 Å². The molecular formula is C23H27N3O3S. The van der Waals surface area contributed by atoms with Gasteiger partial charge in [0.15, 0.2) is 0 Å². The van der Waals surface area contributed by atoms with Crippen LogP contribution in [0.2, 0.25) is 0 Å². The van der Waals surface area contributed by atoms with Gasteiger partial charge >= 0.3 is 0 Å². The second kappa shape index (κ2) is 9.00. The predicted molar refractivity (Wildman–Crippen MR) is 120 cm³/mol. The predicted octanol–water partition coefficient (Wildman–Crippen LogP) is 4.17. The number of thiophene rings is 1. The maximum Gasteiger partial charge on any atom is 0.263 e. The Bertz CT molecular complexity index is 1080. The summed E-state index contributed by atoms with van der Waals surface area (Å²) < 4.78 is 7.09. The highest BCUT2D eigenvalue weighted by atomic mass is 32.1. The van der Waals surface area contributed by atoms with Gasteiger partial charge in [-0.05, 0) is 42.9 Å². The smallest absolute Gasteiger partial charge is 0.263 e. The molecule has 6 nitrogen and oxygen atoms in total. The Labute approximate surface area is 180 Å². The quantitative estimate of drug-likeness (QED) is 0.595. The standard InChI is InChI=1S/C23H27N3O3S/c1-3-12-29-18-6-4-17(5-7-18)19-14-30-22-21(19)23(28)26(15-24-22)13-20(27)25-10-8-16(2)9-11-25/h4-7,14-16H,3,8-13H2,1-2H3. The molecule has 1 aliphatic heterocycles. The molecule has 3 heterocycles. The Balaban J connectivity index is 1.59. The van der Waals surface area contributed by atoms with E-state index in [2.05, 4.69) is 18.8 Å². The van der Waals surface area contributed by atoms with Gasteiger partial charge in [-0.25, -0.2) is 4.98 Å². The summed E-state index contributed by atoms with van der Waals surface area (Å²) in [5.41, 5.74) is 1.63. The summed E-state index contributed by atoms with van der Waals surface area (Å²) in [5.74, 6) is 1.46. The lowest BCUT2D eigenvalue weighted by Gasteiger charge is -2.30. The molecule has 1 fully saturated rings. The number of nitrogens with zero attached hydrogens (tertiary/aromatic N) is 3. The summed E-state index contributed by atoms with van der Waals surface area (Å²) in [4.78, 5) is 32.9. The number of fused-ring (bicyclic) bond motifs is 1. The molecule has 0 bridgehead atoms. The first-order chi connectivity index (χ1) is 14.6. The van der Waals surface area contributed by atoms with Crippen LogP contribution in [-0.4, -0.2) is 40.1 Å². The SMILES string of the molecule is CCCOc1ccc(-c2csc3ncn(CC(=O)N4CCC(C)CC4)c(=O)c23)cc1. The number of carbonyl (C=O) groups is 1. The van der Waals surface area contributed by atoms with Crippen LogP contribution in [0, 0.1) is 5.92 Å². The van der Waals surface area contributed by atoms with Crippen molar-refractivity contribution in [3.05, 3.63) is 46.3 Å². The molecule has 4 rings (SSSR count). The molecule has 0 radical (unpaired) electrons. The Morgan fingerprint density at radius 3 is 2.67 bits per heavy atom. The van der Waals surface area contributed by atoms with E-state index in [0.717, 1.165) is 49.2 Å². The number of rotatable bonds is 6. The van der Waals surface area contributed by atoms with Crippen LogP contribution in [0.5, 0.6) is 5.75 Å². The normalized spacial score (nSPS) is 14.9. The summed E-state index contributed by atoms with van der Waals surface area (Å²) in [6, 6.07) is 7.77. The van der Waals surface area contributed by atoms with Gasteiger partial charge in [-0.2, -0.15) is 0 Å². The van der Waals surface area contributed by atoms with Gasteiger partial charge in [-0.3, -0.25) is 14.2 Å². The molecule has 0 N–H and O–H groups in total. The molecular weight excluding hydrogens is 398 g/mol. The number of hydrogen-bond donors (Lipinski definition) is 0. The van der Waals surface area contributed by atoms with Crippen LogP contribution < -0.4 is 10.3 Å². The van der Waals surface area contributed by atoms with E-state index in [9.17, 15) is 9.59 Å². The van der Waals surface area contributed by atoms with E-state index in [1.54, 1.807) is 0 Å². The largest absolute Gasteiger partial charge is 0.494 e. The first-order valence-electron chi connectivity index (χ1n) is 10.5. The third kappa shape index (κ3) is 4.26. The van der Waals surface area contributed by atoms with E-state index in [-0.39, 0.29) is 18.0 Å². The third-order valence-corrected chi connectivity index (χ3v) is 6.53. The molecule has 7 heteroatoms. The minimum absolute atomic E-state index is 0.0145. The number of piperidine rings is 1. The van der Waals surface area contributed by atoms with E-state index in [0.29, 0.717) is 22.7 Å². The maximum atomic E-state index is 13.2. The van der Waals surface area contributed by atoms with Gasteiger partial charge in [0.2, 0.25) is 5.91 Å². The molecule has 0 spiro atoms. The van der Waals surface area contributed by atoms with Crippen molar-refractivity contribution in [3.63, 3.8) is 0 Å². The van der Waals surface area contributed by atoms with Gasteiger partial charge in [0, 0.05) is 24.0 Å². The zero-order chi connectivity index (χ0) is 21.1. The number of likely N-dealkylation sites (tertiary alicyclic amines) is 1. The van der Waals surface area contributed by atoms with Gasteiger partial charge in [0.05, 0.1) is 18.3 Å². The number of benzene rings is 1. The minimum Gasteiger partial charge on any atom is -0.494 e. The summed E-state index contributed by atoms with van der Waals surface area (Å²) in [5, 5.41) is 2.53. The van der Waals surface area contributed by atoms with Crippen LogP contribution in [0.3, 0.4) is 0 Å². The second-order valence-electron chi connectivity index (χ2n) is 7.94. The van der Waals surface area contributed by atoms with Crippen LogP contribution in [0.4, 0.5) is 0 Å². The van der Waals surface area contributed by atoms with Crippen molar-refractivity contribution in [2.45, 2.75) is 39.7 Å². The molecule has 1 saturated heterocycles. The second-order valence-corrected chi connectivity index (χ2v) is 8.80. The first kappa shape index (κ1) is 20.6. The van der Waals surface area contributed by atoms with E-state index in [1.807, 2.05) is 34.5 Å². The maximum absolute atomic E-state index is 13.2.